The fraction of sp³-hybridized carbons (Fsp3) is 0. The maximum atomic E-state index is 15.9. The van der Waals surface area contributed by atoms with E-state index in [0.29, 0.717) is 0 Å². The molecule has 0 amide bonds. The van der Waals surface area contributed by atoms with Crippen LogP contribution in [0.25, 0.3) is 62.2 Å². The predicted molar refractivity (Wildman–Crippen MR) is 116 cm³/mol. The molecule has 172 valence electrons. The fourth-order valence-electron chi connectivity index (χ4n) is 3.70. The summed E-state index contributed by atoms with van der Waals surface area (Å²) in [6.07, 6.45) is 0. The van der Waals surface area contributed by atoms with Gasteiger partial charge in [-0.25, -0.2) is 0 Å². The third kappa shape index (κ3) is 2.94. The van der Waals surface area contributed by atoms with Crippen LogP contribution in [0.15, 0.2) is 0 Å². The zero-order valence-corrected chi connectivity index (χ0v) is 20.2. The van der Waals surface area contributed by atoms with Crippen LogP contribution in [0.1, 0.15) is 0 Å². The number of rotatable bonds is 0. The molecule has 14 heteroatoms. The molecule has 2 aromatic heterocycles. The van der Waals surface area contributed by atoms with Crippen LogP contribution >= 0.6 is 0 Å². The third-order valence-corrected chi connectivity index (χ3v) is 9.60. The Bertz CT molecular complexity index is 2140. The quantitative estimate of drug-likeness (QED) is 0.115. The van der Waals surface area contributed by atoms with Crippen molar-refractivity contribution in [1.29, 1.82) is 10.5 Å². The first-order chi connectivity index (χ1) is 17.2. The van der Waals surface area contributed by atoms with Crippen molar-refractivity contribution in [2.45, 2.75) is 0 Å². The number of hydrogen-bond acceptors (Lipinski definition) is 4. The molecule has 0 unspecified atom stereocenters. The molecule has 0 aliphatic heterocycles. The Morgan fingerprint density at radius 2 is 1.06 bits per heavy atom. The van der Waals surface area contributed by atoms with Crippen molar-refractivity contribution in [3.8, 4) is 12.1 Å². The molecule has 36 heavy (non-hydrogen) atoms. The van der Waals surface area contributed by atoms with E-state index >= 15 is 22.0 Å². The van der Waals surface area contributed by atoms with Crippen LogP contribution in [0.5, 0.6) is 0 Å². The van der Waals surface area contributed by atoms with E-state index in [-0.39, 0.29) is 8.45 Å². The first-order valence-corrected chi connectivity index (χ1v) is 12.6. The first kappa shape index (κ1) is 23.6. The molecule has 0 atom stereocenters. The number of aromatic nitrogens is 2. The maximum absolute atomic E-state index is 15.9. The van der Waals surface area contributed by atoms with Crippen LogP contribution in [0.4, 0.5) is 26.3 Å². The summed E-state index contributed by atoms with van der Waals surface area (Å²) in [5, 5.41) is 14.0. The molecule has 0 aliphatic rings. The third-order valence-electron chi connectivity index (χ3n) is 5.17. The Morgan fingerprint density at radius 1 is 0.611 bits per heavy atom. The molecule has 3 aromatic carbocycles. The average molecular weight is 620 g/mol. The number of fused-ring (bicyclic) bond motifs is 6. The van der Waals surface area contributed by atoms with E-state index in [1.807, 2.05) is 0 Å². The molecular formula is C22F6N6Se2. The Hall–Kier alpha value is -4.16. The zero-order chi connectivity index (χ0) is 26.0. The molecular weight excluding hydrogens is 620 g/mol. The van der Waals surface area contributed by atoms with E-state index in [0.717, 1.165) is 0 Å². The Kier molecular flexibility index (Phi) is 5.37. The van der Waals surface area contributed by atoms with Crippen molar-refractivity contribution in [2.75, 3.05) is 0 Å². The summed E-state index contributed by atoms with van der Waals surface area (Å²) in [5.41, 5.74) is -2.38. The summed E-state index contributed by atoms with van der Waals surface area (Å²) < 4.78 is 90.0. The Balaban J connectivity index is 2.21. The number of nitrogens with zero attached hydrogens (tertiary/aromatic N) is 6. The Labute approximate surface area is 206 Å². The number of nitriles is 2. The minimum absolute atomic E-state index is 0.246. The second-order valence-electron chi connectivity index (χ2n) is 6.92. The van der Waals surface area contributed by atoms with Gasteiger partial charge in [-0.3, -0.25) is 0 Å². The van der Waals surface area contributed by atoms with Gasteiger partial charge in [0, 0.05) is 0 Å². The average Bonchev–Trinajstić information content (AvgIpc) is 3.50. The Morgan fingerprint density at radius 3 is 1.56 bits per heavy atom. The van der Waals surface area contributed by atoms with Gasteiger partial charge < -0.3 is 0 Å². The standard InChI is InChI=1S/C22F6N6Se2/c1-31-5(3-29)21-33-17-8-7-9(11(23)12(24)10(8)13(25)16(28)20(17)36-21)14(26)18-19(15(7)27)35-22(34-18)6(4-30)32-2/b21-5+,22-6+. The van der Waals surface area contributed by atoms with Gasteiger partial charge in [-0.2, -0.15) is 0 Å². The van der Waals surface area contributed by atoms with Crippen LogP contribution in [-0.4, -0.2) is 39.0 Å². The molecule has 5 rings (SSSR count). The van der Waals surface area contributed by atoms with Gasteiger partial charge in [0.1, 0.15) is 0 Å². The van der Waals surface area contributed by atoms with Crippen LogP contribution in [0, 0.1) is 70.7 Å². The monoisotopic (exact) mass is 622 g/mol. The predicted octanol–water partition coefficient (Wildman–Crippen LogP) is 3.14. The second kappa shape index (κ2) is 8.21. The molecule has 0 fully saturated rings. The van der Waals surface area contributed by atoms with E-state index in [2.05, 4.69) is 19.7 Å². The van der Waals surface area contributed by atoms with Crippen molar-refractivity contribution < 1.29 is 26.3 Å². The van der Waals surface area contributed by atoms with Gasteiger partial charge in [0.2, 0.25) is 0 Å². The van der Waals surface area contributed by atoms with Crippen LogP contribution in [0.3, 0.4) is 0 Å². The molecule has 0 spiro atoms. The van der Waals surface area contributed by atoms with Gasteiger partial charge in [0.15, 0.2) is 0 Å². The van der Waals surface area contributed by atoms with E-state index in [1.54, 1.807) is 12.1 Å². The van der Waals surface area contributed by atoms with Gasteiger partial charge in [0.05, 0.1) is 0 Å². The minimum atomic E-state index is -2.00. The first-order valence-electron chi connectivity index (χ1n) is 9.19. The summed E-state index contributed by atoms with van der Waals surface area (Å²) in [7, 11) is 0. The topological polar surface area (TPSA) is 82.1 Å². The summed E-state index contributed by atoms with van der Waals surface area (Å²) in [5.74, 6) is -10.3. The van der Waals surface area contributed by atoms with Gasteiger partial charge in [-0.05, 0) is 0 Å². The molecule has 5 aromatic rings. The van der Waals surface area contributed by atoms with E-state index < -0.39 is 116 Å². The van der Waals surface area contributed by atoms with E-state index in [9.17, 15) is 4.39 Å². The van der Waals surface area contributed by atoms with Crippen molar-refractivity contribution in [2.24, 2.45) is 0 Å². The number of benzene rings is 3. The van der Waals surface area contributed by atoms with Crippen LogP contribution in [0.2, 0.25) is 0 Å². The molecule has 0 N–H and O–H groups in total. The fourth-order valence-corrected chi connectivity index (χ4v) is 7.65. The molecule has 2 heterocycles. The SMILES string of the molecule is [C-]#[N+]/C(C#N)=c1\nc2c(F)c3c(F)c(F)c4c(F)c(F)c5[se]/c(=C(\C#N)[N+]#[C-])nc5c4c3c(F)c2[se]1. The normalized spacial score (nSPS) is 12.9. The van der Waals surface area contributed by atoms with Gasteiger partial charge >= 0.3 is 207 Å². The summed E-state index contributed by atoms with van der Waals surface area (Å²) in [4.78, 5) is 13.6. The van der Waals surface area contributed by atoms with E-state index in [1.165, 1.54) is 0 Å². The molecule has 0 bridgehead atoms. The van der Waals surface area contributed by atoms with Gasteiger partial charge in [0.25, 0.3) is 0 Å². The molecule has 6 nitrogen and oxygen atoms in total. The van der Waals surface area contributed by atoms with Crippen molar-refractivity contribution in [1.82, 2.24) is 9.97 Å². The second-order valence-corrected chi connectivity index (χ2v) is 11.1. The zero-order valence-electron chi connectivity index (χ0n) is 16.8. The van der Waals surface area contributed by atoms with Gasteiger partial charge in [-0.1, -0.05) is 0 Å². The van der Waals surface area contributed by atoms with E-state index in [4.69, 9.17) is 23.7 Å². The molecule has 0 saturated heterocycles. The summed E-state index contributed by atoms with van der Waals surface area (Å²) in [6.45, 7) is 14.1. The van der Waals surface area contributed by atoms with Gasteiger partial charge in [-0.15, -0.1) is 0 Å². The van der Waals surface area contributed by atoms with Crippen molar-refractivity contribution in [3.63, 3.8) is 0 Å². The molecule has 0 aliphatic carbocycles. The van der Waals surface area contributed by atoms with Crippen LogP contribution in [-0.2, 0) is 0 Å². The molecule has 0 saturated carbocycles. The number of halogens is 6. The molecule has 0 radical (unpaired) electrons. The summed E-state index contributed by atoms with van der Waals surface area (Å²) >= 11 is -2.51. The summed E-state index contributed by atoms with van der Waals surface area (Å²) in [6, 6.07) is 3.09. The van der Waals surface area contributed by atoms with Crippen molar-refractivity contribution in [3.05, 3.63) is 66.2 Å². The van der Waals surface area contributed by atoms with Crippen molar-refractivity contribution >= 4 is 81.5 Å². The number of hydrogen-bond donors (Lipinski definition) is 0. The van der Waals surface area contributed by atoms with Crippen LogP contribution < -0.4 is 8.45 Å².